The van der Waals surface area contributed by atoms with Crippen molar-refractivity contribution in [3.63, 3.8) is 0 Å². The first-order chi connectivity index (χ1) is 12.6. The number of rotatable bonds is 7. The van der Waals surface area contributed by atoms with Gasteiger partial charge in [0, 0.05) is 44.2 Å². The molecule has 0 radical (unpaired) electrons. The smallest absolute Gasteiger partial charge is 0.130 e. The Kier molecular flexibility index (Phi) is 6.04. The van der Waals surface area contributed by atoms with Crippen molar-refractivity contribution >= 4 is 0 Å². The molecule has 0 spiro atoms. The van der Waals surface area contributed by atoms with Crippen molar-refractivity contribution in [3.8, 4) is 17.2 Å². The zero-order chi connectivity index (χ0) is 18.5. The number of aryl methyl sites for hydroxylation is 1. The van der Waals surface area contributed by atoms with Crippen LogP contribution in [0.15, 0.2) is 24.5 Å². The lowest BCUT2D eigenvalue weighted by Gasteiger charge is -2.33. The molecular formula is C20H29N3O3. The molecule has 0 N–H and O–H groups in total. The molecule has 26 heavy (non-hydrogen) atoms. The van der Waals surface area contributed by atoms with Gasteiger partial charge in [0.1, 0.15) is 23.1 Å². The van der Waals surface area contributed by atoms with Crippen LogP contribution in [0.2, 0.25) is 0 Å². The van der Waals surface area contributed by atoms with Crippen molar-refractivity contribution in [1.82, 2.24) is 14.5 Å². The topological polar surface area (TPSA) is 48.8 Å². The van der Waals surface area contributed by atoms with Gasteiger partial charge in [-0.05, 0) is 32.2 Å². The maximum Gasteiger partial charge on any atom is 0.130 e. The Bertz CT molecular complexity index is 704. The maximum absolute atomic E-state index is 5.60. The van der Waals surface area contributed by atoms with Gasteiger partial charge in [0.05, 0.1) is 26.9 Å². The number of imidazole rings is 1. The van der Waals surface area contributed by atoms with E-state index in [-0.39, 0.29) is 0 Å². The minimum absolute atomic E-state index is 0.631. The summed E-state index contributed by atoms with van der Waals surface area (Å²) >= 11 is 0. The van der Waals surface area contributed by atoms with Crippen LogP contribution in [-0.2, 0) is 13.1 Å². The first kappa shape index (κ1) is 18.6. The largest absolute Gasteiger partial charge is 0.496 e. The van der Waals surface area contributed by atoms with Gasteiger partial charge >= 0.3 is 0 Å². The normalized spacial score (nSPS) is 17.9. The van der Waals surface area contributed by atoms with Crippen LogP contribution in [0, 0.1) is 12.8 Å². The lowest BCUT2D eigenvalue weighted by atomic mass is 9.97. The molecule has 6 nitrogen and oxygen atoms in total. The fraction of sp³-hybridized carbons (Fsp3) is 0.550. The van der Waals surface area contributed by atoms with E-state index < -0.39 is 0 Å². The molecule has 1 atom stereocenters. The summed E-state index contributed by atoms with van der Waals surface area (Å²) in [5.41, 5.74) is 1.08. The van der Waals surface area contributed by atoms with Crippen molar-refractivity contribution in [1.29, 1.82) is 0 Å². The average molecular weight is 359 g/mol. The summed E-state index contributed by atoms with van der Waals surface area (Å²) < 4.78 is 18.8. The Morgan fingerprint density at radius 2 is 1.85 bits per heavy atom. The molecule has 142 valence electrons. The number of hydrogen-bond donors (Lipinski definition) is 0. The molecule has 1 fully saturated rings. The Hall–Kier alpha value is -2.21. The number of ether oxygens (including phenoxy) is 3. The predicted molar refractivity (Wildman–Crippen MR) is 101 cm³/mol. The highest BCUT2D eigenvalue weighted by molar-refractivity contribution is 5.50. The second-order valence-corrected chi connectivity index (χ2v) is 6.88. The van der Waals surface area contributed by atoms with Gasteiger partial charge in [-0.15, -0.1) is 0 Å². The van der Waals surface area contributed by atoms with E-state index >= 15 is 0 Å². The number of likely N-dealkylation sites (tertiary alicyclic amines) is 1. The van der Waals surface area contributed by atoms with E-state index in [1.54, 1.807) is 21.3 Å². The van der Waals surface area contributed by atoms with Gasteiger partial charge in [0.25, 0.3) is 0 Å². The van der Waals surface area contributed by atoms with Crippen molar-refractivity contribution in [2.45, 2.75) is 32.9 Å². The molecule has 0 bridgehead atoms. The van der Waals surface area contributed by atoms with Crippen molar-refractivity contribution < 1.29 is 14.2 Å². The summed E-state index contributed by atoms with van der Waals surface area (Å²) in [5, 5.41) is 0. The van der Waals surface area contributed by atoms with E-state index in [1.165, 1.54) is 12.8 Å². The molecule has 3 rings (SSSR count). The lowest BCUT2D eigenvalue weighted by molar-refractivity contribution is 0.152. The van der Waals surface area contributed by atoms with Crippen LogP contribution in [0.1, 0.15) is 24.2 Å². The number of methoxy groups -OCH3 is 3. The molecule has 1 aliphatic rings. The third-order valence-electron chi connectivity index (χ3n) is 5.18. The van der Waals surface area contributed by atoms with E-state index in [4.69, 9.17) is 14.2 Å². The molecule has 1 aliphatic heterocycles. The van der Waals surface area contributed by atoms with Crippen molar-refractivity contribution in [2.75, 3.05) is 34.4 Å². The van der Waals surface area contributed by atoms with Gasteiger partial charge in [-0.1, -0.05) is 0 Å². The van der Waals surface area contributed by atoms with E-state index in [9.17, 15) is 0 Å². The number of piperidine rings is 1. The van der Waals surface area contributed by atoms with Crippen molar-refractivity contribution in [2.24, 2.45) is 5.92 Å². The molecule has 1 unspecified atom stereocenters. The fourth-order valence-corrected chi connectivity index (χ4v) is 3.78. The summed E-state index contributed by atoms with van der Waals surface area (Å²) in [6.45, 7) is 6.07. The molecule has 0 saturated carbocycles. The van der Waals surface area contributed by atoms with E-state index in [2.05, 4.69) is 27.6 Å². The van der Waals surface area contributed by atoms with E-state index in [0.717, 1.165) is 54.8 Å². The van der Waals surface area contributed by atoms with E-state index in [1.807, 2.05) is 18.3 Å². The van der Waals surface area contributed by atoms with Gasteiger partial charge in [-0.3, -0.25) is 4.90 Å². The van der Waals surface area contributed by atoms with Crippen LogP contribution in [0.3, 0.4) is 0 Å². The summed E-state index contributed by atoms with van der Waals surface area (Å²) in [4.78, 5) is 6.83. The average Bonchev–Trinajstić information content (AvgIpc) is 3.06. The van der Waals surface area contributed by atoms with Gasteiger partial charge in [0.2, 0.25) is 0 Å². The Balaban J connectivity index is 1.73. The predicted octanol–water partition coefficient (Wildman–Crippen LogP) is 3.13. The number of benzene rings is 1. The zero-order valence-electron chi connectivity index (χ0n) is 16.2. The molecule has 1 aromatic carbocycles. The van der Waals surface area contributed by atoms with Crippen LogP contribution in [0.5, 0.6) is 17.2 Å². The number of nitrogens with zero attached hydrogens (tertiary/aromatic N) is 3. The molecule has 6 heteroatoms. The standard InChI is InChI=1S/C20H29N3O3/c1-15-21-7-9-23(15)13-16-6-5-8-22(12-16)14-18-19(25-3)10-17(24-2)11-20(18)26-4/h7,9-11,16H,5-6,8,12-14H2,1-4H3. The Morgan fingerprint density at radius 3 is 2.42 bits per heavy atom. The third kappa shape index (κ3) is 4.12. The third-order valence-corrected chi connectivity index (χ3v) is 5.18. The first-order valence-corrected chi connectivity index (χ1v) is 9.13. The summed E-state index contributed by atoms with van der Waals surface area (Å²) in [7, 11) is 5.04. The highest BCUT2D eigenvalue weighted by Crippen LogP contribution is 2.35. The molecular weight excluding hydrogens is 330 g/mol. The second-order valence-electron chi connectivity index (χ2n) is 6.88. The monoisotopic (exact) mass is 359 g/mol. The molecule has 1 aromatic heterocycles. The van der Waals surface area contributed by atoms with Crippen LogP contribution >= 0.6 is 0 Å². The quantitative estimate of drug-likeness (QED) is 0.760. The molecule has 1 saturated heterocycles. The van der Waals surface area contributed by atoms with Gasteiger partial charge in [-0.25, -0.2) is 4.98 Å². The molecule has 2 heterocycles. The Morgan fingerprint density at radius 1 is 1.12 bits per heavy atom. The lowest BCUT2D eigenvalue weighted by Crippen LogP contribution is -2.36. The molecule has 2 aromatic rings. The van der Waals surface area contributed by atoms with Crippen LogP contribution in [0.25, 0.3) is 0 Å². The number of aromatic nitrogens is 2. The minimum atomic E-state index is 0.631. The summed E-state index contributed by atoms with van der Waals surface area (Å²) in [5.74, 6) is 4.09. The first-order valence-electron chi connectivity index (χ1n) is 9.13. The van der Waals surface area contributed by atoms with Gasteiger partial charge in [-0.2, -0.15) is 0 Å². The SMILES string of the molecule is COc1cc(OC)c(CN2CCCC(Cn3ccnc3C)C2)c(OC)c1. The fourth-order valence-electron chi connectivity index (χ4n) is 3.78. The van der Waals surface area contributed by atoms with E-state index in [0.29, 0.717) is 5.92 Å². The summed E-state index contributed by atoms with van der Waals surface area (Å²) in [6, 6.07) is 3.85. The summed E-state index contributed by atoms with van der Waals surface area (Å²) in [6.07, 6.45) is 6.41. The van der Waals surface area contributed by atoms with Gasteiger partial charge in [0.15, 0.2) is 0 Å². The number of hydrogen-bond acceptors (Lipinski definition) is 5. The minimum Gasteiger partial charge on any atom is -0.496 e. The van der Waals surface area contributed by atoms with Crippen molar-refractivity contribution in [3.05, 3.63) is 35.9 Å². The Labute approximate surface area is 155 Å². The van der Waals surface area contributed by atoms with Crippen LogP contribution < -0.4 is 14.2 Å². The molecule has 0 aliphatic carbocycles. The second kappa shape index (κ2) is 8.45. The highest BCUT2D eigenvalue weighted by atomic mass is 16.5. The molecule has 0 amide bonds. The van der Waals surface area contributed by atoms with Gasteiger partial charge < -0.3 is 18.8 Å². The van der Waals surface area contributed by atoms with Crippen LogP contribution in [-0.4, -0.2) is 48.9 Å². The zero-order valence-corrected chi connectivity index (χ0v) is 16.2. The van der Waals surface area contributed by atoms with Crippen LogP contribution in [0.4, 0.5) is 0 Å². The maximum atomic E-state index is 5.60. The highest BCUT2D eigenvalue weighted by Gasteiger charge is 2.23.